The predicted molar refractivity (Wildman–Crippen MR) is 101 cm³/mol. The Labute approximate surface area is 162 Å². The molecule has 6 heteroatoms. The number of rotatable bonds is 6. The van der Waals surface area contributed by atoms with Gasteiger partial charge in [0.05, 0.1) is 23.8 Å². The zero-order valence-electron chi connectivity index (χ0n) is 15.6. The average Bonchev–Trinajstić information content (AvgIpc) is 2.94. The summed E-state index contributed by atoms with van der Waals surface area (Å²) in [6.45, 7) is 3.50. The fraction of sp³-hybridized carbons (Fsp3) is 0.227. The van der Waals surface area contributed by atoms with Gasteiger partial charge in [-0.2, -0.15) is 0 Å². The van der Waals surface area contributed by atoms with Crippen LogP contribution >= 0.6 is 0 Å². The first kappa shape index (κ1) is 19.5. The molecule has 1 aliphatic rings. The highest BCUT2D eigenvalue weighted by atomic mass is 19.1. The van der Waals surface area contributed by atoms with E-state index >= 15 is 0 Å². The normalized spacial score (nSPS) is 14.8. The van der Waals surface area contributed by atoms with E-state index in [0.29, 0.717) is 16.7 Å². The lowest BCUT2D eigenvalue weighted by molar-refractivity contribution is -0.138. The van der Waals surface area contributed by atoms with Crippen LogP contribution in [0.4, 0.5) is 4.39 Å². The molecule has 2 aromatic rings. The Kier molecular flexibility index (Phi) is 5.68. The van der Waals surface area contributed by atoms with Crippen molar-refractivity contribution in [2.75, 3.05) is 6.61 Å². The molecule has 0 saturated carbocycles. The number of benzene rings is 2. The maximum atomic E-state index is 13.2. The lowest BCUT2D eigenvalue weighted by Crippen LogP contribution is -2.40. The third-order valence-corrected chi connectivity index (χ3v) is 4.56. The summed E-state index contributed by atoms with van der Waals surface area (Å²) in [5, 5.41) is 0. The Morgan fingerprint density at radius 3 is 2.18 bits per heavy atom. The highest BCUT2D eigenvalue weighted by molar-refractivity contribution is 6.21. The summed E-state index contributed by atoms with van der Waals surface area (Å²) < 4.78 is 18.2. The summed E-state index contributed by atoms with van der Waals surface area (Å²) in [6, 6.07) is 11.7. The molecule has 2 amide bonds. The summed E-state index contributed by atoms with van der Waals surface area (Å²) >= 11 is 0. The van der Waals surface area contributed by atoms with Crippen LogP contribution in [-0.4, -0.2) is 35.3 Å². The first-order valence-electron chi connectivity index (χ1n) is 8.99. The van der Waals surface area contributed by atoms with Crippen molar-refractivity contribution in [1.82, 2.24) is 4.90 Å². The number of amides is 2. The van der Waals surface area contributed by atoms with Gasteiger partial charge in [0, 0.05) is 5.57 Å². The largest absolute Gasteiger partial charge is 0.463 e. The van der Waals surface area contributed by atoms with Gasteiger partial charge in [0.1, 0.15) is 5.82 Å². The molecule has 0 aliphatic carbocycles. The van der Waals surface area contributed by atoms with Crippen LogP contribution in [0.15, 0.2) is 60.2 Å². The van der Waals surface area contributed by atoms with Crippen LogP contribution in [0.2, 0.25) is 0 Å². The zero-order chi connectivity index (χ0) is 20.3. The molecule has 144 valence electrons. The molecule has 1 atom stereocenters. The molecule has 2 aromatic carbocycles. The topological polar surface area (TPSA) is 63.7 Å². The lowest BCUT2D eigenvalue weighted by atomic mass is 10.0. The molecule has 3 rings (SSSR count). The Balaban J connectivity index is 1.97. The molecule has 1 unspecified atom stereocenters. The van der Waals surface area contributed by atoms with Crippen molar-refractivity contribution in [3.8, 4) is 0 Å². The van der Waals surface area contributed by atoms with E-state index in [-0.39, 0.29) is 18.8 Å². The Hall–Kier alpha value is -3.28. The minimum absolute atomic E-state index is 0.222. The standard InChI is InChI=1S/C22H20FNO4/c1-3-28-22(27)14(2)12-17(13-15-8-10-16(23)11-9-15)24-20(25)18-6-4-5-7-19(18)21(24)26/h4-12,17H,3,13H2,1-2H3/b14-12+. The van der Waals surface area contributed by atoms with Crippen LogP contribution in [0.25, 0.3) is 0 Å². The van der Waals surface area contributed by atoms with Crippen molar-refractivity contribution in [2.45, 2.75) is 26.3 Å². The molecule has 0 radical (unpaired) electrons. The third kappa shape index (κ3) is 3.86. The van der Waals surface area contributed by atoms with Gasteiger partial charge < -0.3 is 4.74 Å². The van der Waals surface area contributed by atoms with Crippen LogP contribution in [0.3, 0.4) is 0 Å². The van der Waals surface area contributed by atoms with Gasteiger partial charge in [-0.3, -0.25) is 14.5 Å². The maximum absolute atomic E-state index is 13.2. The van der Waals surface area contributed by atoms with Gasteiger partial charge in [0.15, 0.2) is 0 Å². The molecule has 0 bridgehead atoms. The number of hydrogen-bond donors (Lipinski definition) is 0. The van der Waals surface area contributed by atoms with Crippen molar-refractivity contribution in [3.63, 3.8) is 0 Å². The number of esters is 1. The van der Waals surface area contributed by atoms with Crippen LogP contribution in [0.5, 0.6) is 0 Å². The fourth-order valence-corrected chi connectivity index (χ4v) is 3.20. The molecule has 0 saturated heterocycles. The molecule has 0 spiro atoms. The van der Waals surface area contributed by atoms with Crippen LogP contribution in [-0.2, 0) is 16.0 Å². The van der Waals surface area contributed by atoms with Gasteiger partial charge in [-0.05, 0) is 50.1 Å². The highest BCUT2D eigenvalue weighted by Gasteiger charge is 2.39. The second-order valence-corrected chi connectivity index (χ2v) is 6.49. The maximum Gasteiger partial charge on any atom is 0.333 e. The number of nitrogens with zero attached hydrogens (tertiary/aromatic N) is 1. The summed E-state index contributed by atoms with van der Waals surface area (Å²) in [7, 11) is 0. The molecule has 0 fully saturated rings. The predicted octanol–water partition coefficient (Wildman–Crippen LogP) is 3.54. The van der Waals surface area contributed by atoms with Gasteiger partial charge in [0.25, 0.3) is 11.8 Å². The highest BCUT2D eigenvalue weighted by Crippen LogP contribution is 2.27. The number of imide groups is 1. The minimum Gasteiger partial charge on any atom is -0.463 e. The SMILES string of the molecule is CCOC(=O)/C(C)=C/C(Cc1ccc(F)cc1)N1C(=O)c2ccccc2C1=O. The van der Waals surface area contributed by atoms with Crippen LogP contribution < -0.4 is 0 Å². The summed E-state index contributed by atoms with van der Waals surface area (Å²) in [5.41, 5.74) is 1.69. The van der Waals surface area contributed by atoms with Gasteiger partial charge in [-0.1, -0.05) is 30.3 Å². The molecule has 0 N–H and O–H groups in total. The number of fused-ring (bicyclic) bond motifs is 1. The summed E-state index contributed by atoms with van der Waals surface area (Å²) in [5.74, 6) is -1.72. The molecular weight excluding hydrogens is 361 g/mol. The van der Waals surface area contributed by atoms with Crippen molar-refractivity contribution in [2.24, 2.45) is 0 Å². The van der Waals surface area contributed by atoms with Gasteiger partial charge >= 0.3 is 5.97 Å². The van der Waals surface area contributed by atoms with E-state index in [9.17, 15) is 18.8 Å². The van der Waals surface area contributed by atoms with Crippen molar-refractivity contribution < 1.29 is 23.5 Å². The molecule has 1 heterocycles. The monoisotopic (exact) mass is 381 g/mol. The minimum atomic E-state index is -0.706. The number of carbonyl (C=O) groups is 3. The summed E-state index contributed by atoms with van der Waals surface area (Å²) in [6.07, 6.45) is 1.81. The van der Waals surface area contributed by atoms with E-state index < -0.39 is 23.8 Å². The van der Waals surface area contributed by atoms with Crippen molar-refractivity contribution in [3.05, 3.63) is 82.7 Å². The molecule has 5 nitrogen and oxygen atoms in total. The quantitative estimate of drug-likeness (QED) is 0.436. The van der Waals surface area contributed by atoms with Gasteiger partial charge in [0.2, 0.25) is 0 Å². The fourth-order valence-electron chi connectivity index (χ4n) is 3.20. The smallest absolute Gasteiger partial charge is 0.333 e. The Morgan fingerprint density at radius 2 is 1.64 bits per heavy atom. The molecule has 1 aliphatic heterocycles. The van der Waals surface area contributed by atoms with E-state index in [4.69, 9.17) is 4.74 Å². The lowest BCUT2D eigenvalue weighted by Gasteiger charge is -2.24. The first-order valence-corrected chi connectivity index (χ1v) is 8.99. The van der Waals surface area contributed by atoms with Gasteiger partial charge in [-0.25, -0.2) is 9.18 Å². The Morgan fingerprint density at radius 1 is 1.07 bits per heavy atom. The van der Waals surface area contributed by atoms with Crippen LogP contribution in [0.1, 0.15) is 40.1 Å². The zero-order valence-corrected chi connectivity index (χ0v) is 15.6. The van der Waals surface area contributed by atoms with E-state index in [2.05, 4.69) is 0 Å². The first-order chi connectivity index (χ1) is 13.4. The molecular formula is C22H20FNO4. The number of halogens is 1. The van der Waals surface area contributed by atoms with Crippen molar-refractivity contribution in [1.29, 1.82) is 0 Å². The number of hydrogen-bond acceptors (Lipinski definition) is 4. The number of carbonyl (C=O) groups excluding carboxylic acids is 3. The second kappa shape index (κ2) is 8.17. The molecule has 0 aromatic heterocycles. The van der Waals surface area contributed by atoms with E-state index in [1.54, 1.807) is 56.3 Å². The molecule has 28 heavy (non-hydrogen) atoms. The van der Waals surface area contributed by atoms with Crippen LogP contribution in [0, 0.1) is 5.82 Å². The van der Waals surface area contributed by atoms with E-state index in [1.807, 2.05) is 0 Å². The third-order valence-electron chi connectivity index (χ3n) is 4.56. The van der Waals surface area contributed by atoms with Crippen molar-refractivity contribution >= 4 is 17.8 Å². The Bertz CT molecular complexity index is 914. The van der Waals surface area contributed by atoms with Gasteiger partial charge in [-0.15, -0.1) is 0 Å². The average molecular weight is 381 g/mol. The summed E-state index contributed by atoms with van der Waals surface area (Å²) in [4.78, 5) is 38.9. The van der Waals surface area contributed by atoms with E-state index in [0.717, 1.165) is 10.5 Å². The van der Waals surface area contributed by atoms with E-state index in [1.165, 1.54) is 12.1 Å². The number of ether oxygens (including phenoxy) is 1. The second-order valence-electron chi connectivity index (χ2n) is 6.49.